The highest BCUT2D eigenvalue weighted by atomic mass is 16.5. The predicted octanol–water partition coefficient (Wildman–Crippen LogP) is 2.49. The largest absolute Gasteiger partial charge is 0.490 e. The van der Waals surface area contributed by atoms with Crippen LogP contribution in [-0.4, -0.2) is 42.2 Å². The van der Waals surface area contributed by atoms with E-state index < -0.39 is 0 Å². The molecular weight excluding hydrogens is 332 g/mol. The van der Waals surface area contributed by atoms with Crippen molar-refractivity contribution in [2.24, 2.45) is 5.92 Å². The number of piperidine rings is 1. The van der Waals surface area contributed by atoms with Gasteiger partial charge in [-0.3, -0.25) is 9.78 Å². The first kappa shape index (κ1) is 16.6. The maximum Gasteiger partial charge on any atom is 0.229 e. The van der Waals surface area contributed by atoms with E-state index in [1.54, 1.807) is 18.6 Å². The van der Waals surface area contributed by atoms with Crippen LogP contribution >= 0.6 is 0 Å². The average Bonchev–Trinajstić information content (AvgIpc) is 2.94. The molecule has 1 saturated heterocycles. The first-order valence-corrected chi connectivity index (χ1v) is 9.01. The van der Waals surface area contributed by atoms with Crippen molar-refractivity contribution in [2.75, 3.05) is 36.5 Å². The molecule has 0 radical (unpaired) electrons. The Morgan fingerprint density at radius 2 is 2.04 bits per heavy atom. The van der Waals surface area contributed by atoms with Crippen molar-refractivity contribution in [3.8, 4) is 11.5 Å². The van der Waals surface area contributed by atoms with Gasteiger partial charge in [0.25, 0.3) is 0 Å². The fourth-order valence-corrected chi connectivity index (χ4v) is 3.34. The Morgan fingerprint density at radius 1 is 1.15 bits per heavy atom. The van der Waals surface area contributed by atoms with E-state index in [-0.39, 0.29) is 11.8 Å². The summed E-state index contributed by atoms with van der Waals surface area (Å²) in [4.78, 5) is 23.3. The van der Waals surface area contributed by atoms with Crippen LogP contribution in [0.1, 0.15) is 19.3 Å². The average molecular weight is 354 g/mol. The molecule has 0 saturated carbocycles. The second-order valence-electron chi connectivity index (χ2n) is 6.55. The van der Waals surface area contributed by atoms with Gasteiger partial charge in [0.1, 0.15) is 5.82 Å². The van der Waals surface area contributed by atoms with Crippen molar-refractivity contribution >= 4 is 17.4 Å². The smallest absolute Gasteiger partial charge is 0.229 e. The second kappa shape index (κ2) is 7.59. The minimum Gasteiger partial charge on any atom is -0.490 e. The minimum atomic E-state index is -0.0817. The number of anilines is 2. The Bertz CT molecular complexity index is 769. The van der Waals surface area contributed by atoms with Gasteiger partial charge in [0.2, 0.25) is 5.91 Å². The van der Waals surface area contributed by atoms with Gasteiger partial charge in [0.15, 0.2) is 11.5 Å². The van der Waals surface area contributed by atoms with Gasteiger partial charge in [0.05, 0.1) is 25.3 Å². The van der Waals surface area contributed by atoms with Crippen molar-refractivity contribution in [3.05, 3.63) is 36.8 Å². The highest BCUT2D eigenvalue weighted by Gasteiger charge is 2.27. The molecule has 2 aliphatic rings. The monoisotopic (exact) mass is 354 g/mol. The van der Waals surface area contributed by atoms with Crippen LogP contribution in [0.15, 0.2) is 36.8 Å². The molecule has 1 unspecified atom stereocenters. The lowest BCUT2D eigenvalue weighted by Crippen LogP contribution is -2.41. The molecule has 4 rings (SSSR count). The van der Waals surface area contributed by atoms with Gasteiger partial charge in [-0.15, -0.1) is 0 Å². The van der Waals surface area contributed by atoms with E-state index in [1.807, 2.05) is 18.2 Å². The standard InChI is InChI=1S/C19H22N4O3/c24-19(14-3-1-8-23(13-14)18-12-20-6-7-21-18)22-15-4-5-16-17(11-15)26-10-2-9-25-16/h4-7,11-12,14H,1-3,8-10,13H2,(H,22,24). The molecular formula is C19H22N4O3. The molecule has 2 aliphatic heterocycles. The summed E-state index contributed by atoms with van der Waals surface area (Å²) >= 11 is 0. The van der Waals surface area contributed by atoms with Crippen LogP contribution in [0.25, 0.3) is 0 Å². The second-order valence-corrected chi connectivity index (χ2v) is 6.55. The summed E-state index contributed by atoms with van der Waals surface area (Å²) < 4.78 is 11.3. The van der Waals surface area contributed by atoms with Crippen LogP contribution in [0.4, 0.5) is 11.5 Å². The zero-order chi connectivity index (χ0) is 17.8. The molecule has 0 aliphatic carbocycles. The van der Waals surface area contributed by atoms with E-state index in [0.29, 0.717) is 25.5 Å². The van der Waals surface area contributed by atoms with Crippen molar-refractivity contribution in [2.45, 2.75) is 19.3 Å². The lowest BCUT2D eigenvalue weighted by molar-refractivity contribution is -0.120. The Kier molecular flexibility index (Phi) is 4.86. The van der Waals surface area contributed by atoms with Gasteiger partial charge in [-0.05, 0) is 25.0 Å². The molecule has 1 aromatic carbocycles. The molecule has 1 amide bonds. The number of carbonyl (C=O) groups excluding carboxylic acids is 1. The highest BCUT2D eigenvalue weighted by molar-refractivity contribution is 5.93. The molecule has 3 heterocycles. The van der Waals surface area contributed by atoms with Crippen LogP contribution in [-0.2, 0) is 4.79 Å². The fourth-order valence-electron chi connectivity index (χ4n) is 3.34. The molecule has 1 aromatic heterocycles. The molecule has 7 heteroatoms. The van der Waals surface area contributed by atoms with Crippen molar-refractivity contribution in [1.29, 1.82) is 0 Å². The predicted molar refractivity (Wildman–Crippen MR) is 97.6 cm³/mol. The van der Waals surface area contributed by atoms with Crippen molar-refractivity contribution < 1.29 is 14.3 Å². The molecule has 1 fully saturated rings. The Hall–Kier alpha value is -2.83. The van der Waals surface area contributed by atoms with Crippen LogP contribution < -0.4 is 19.7 Å². The number of nitrogens with zero attached hydrogens (tertiary/aromatic N) is 3. The number of benzene rings is 1. The van der Waals surface area contributed by atoms with Gasteiger partial charge in [0, 0.05) is 43.7 Å². The summed E-state index contributed by atoms with van der Waals surface area (Å²) in [5.74, 6) is 2.17. The number of nitrogens with one attached hydrogen (secondary N) is 1. The minimum absolute atomic E-state index is 0.0214. The van der Waals surface area contributed by atoms with E-state index in [4.69, 9.17) is 9.47 Å². The number of hydrogen-bond donors (Lipinski definition) is 1. The number of carbonyl (C=O) groups is 1. The van der Waals surface area contributed by atoms with E-state index in [0.717, 1.165) is 43.1 Å². The summed E-state index contributed by atoms with van der Waals surface area (Å²) in [5.41, 5.74) is 0.732. The number of amides is 1. The first-order chi connectivity index (χ1) is 12.8. The summed E-state index contributed by atoms with van der Waals surface area (Å²) in [5, 5.41) is 3.02. The molecule has 0 spiro atoms. The maximum absolute atomic E-state index is 12.7. The van der Waals surface area contributed by atoms with Gasteiger partial charge in [-0.1, -0.05) is 0 Å². The summed E-state index contributed by atoms with van der Waals surface area (Å²) in [6.45, 7) is 2.82. The number of ether oxygens (including phenoxy) is 2. The van der Waals surface area contributed by atoms with Crippen LogP contribution in [0, 0.1) is 5.92 Å². The van der Waals surface area contributed by atoms with Crippen molar-refractivity contribution in [3.63, 3.8) is 0 Å². The Morgan fingerprint density at radius 3 is 2.88 bits per heavy atom. The first-order valence-electron chi connectivity index (χ1n) is 9.01. The number of fused-ring (bicyclic) bond motifs is 1. The van der Waals surface area contributed by atoms with E-state index in [9.17, 15) is 4.79 Å². The van der Waals surface area contributed by atoms with Gasteiger partial charge < -0.3 is 19.7 Å². The Labute approximate surface area is 152 Å². The third kappa shape index (κ3) is 3.71. The summed E-state index contributed by atoms with van der Waals surface area (Å²) in [6, 6.07) is 5.54. The van der Waals surface area contributed by atoms with Crippen molar-refractivity contribution in [1.82, 2.24) is 9.97 Å². The van der Waals surface area contributed by atoms with Crippen LogP contribution in [0.2, 0.25) is 0 Å². The topological polar surface area (TPSA) is 76.6 Å². The third-order valence-corrected chi connectivity index (χ3v) is 4.68. The van der Waals surface area contributed by atoms with Crippen LogP contribution in [0.5, 0.6) is 11.5 Å². The lowest BCUT2D eigenvalue weighted by Gasteiger charge is -2.32. The van der Waals surface area contributed by atoms with Gasteiger partial charge >= 0.3 is 0 Å². The maximum atomic E-state index is 12.7. The number of aromatic nitrogens is 2. The molecule has 2 aromatic rings. The summed E-state index contributed by atoms with van der Waals surface area (Å²) in [6.07, 6.45) is 7.75. The zero-order valence-corrected chi connectivity index (χ0v) is 14.6. The van der Waals surface area contributed by atoms with Crippen LogP contribution in [0.3, 0.4) is 0 Å². The van der Waals surface area contributed by atoms with E-state index in [2.05, 4.69) is 20.2 Å². The molecule has 1 atom stereocenters. The molecule has 7 nitrogen and oxygen atoms in total. The molecule has 26 heavy (non-hydrogen) atoms. The molecule has 136 valence electrons. The highest BCUT2D eigenvalue weighted by Crippen LogP contribution is 2.32. The third-order valence-electron chi connectivity index (χ3n) is 4.68. The zero-order valence-electron chi connectivity index (χ0n) is 14.6. The van der Waals surface area contributed by atoms with E-state index >= 15 is 0 Å². The molecule has 0 bridgehead atoms. The normalized spacial score (nSPS) is 19.5. The molecule has 1 N–H and O–H groups in total. The Balaban J connectivity index is 1.42. The van der Waals surface area contributed by atoms with Gasteiger partial charge in [-0.2, -0.15) is 0 Å². The fraction of sp³-hybridized carbons (Fsp3) is 0.421. The van der Waals surface area contributed by atoms with E-state index in [1.165, 1.54) is 0 Å². The summed E-state index contributed by atoms with van der Waals surface area (Å²) in [7, 11) is 0. The number of rotatable bonds is 3. The number of hydrogen-bond acceptors (Lipinski definition) is 6. The quantitative estimate of drug-likeness (QED) is 0.913. The SMILES string of the molecule is O=C(Nc1ccc2c(c1)OCCCO2)C1CCCN(c2cnccn2)C1. The lowest BCUT2D eigenvalue weighted by atomic mass is 9.97. The van der Waals surface area contributed by atoms with Gasteiger partial charge in [-0.25, -0.2) is 4.98 Å².